The summed E-state index contributed by atoms with van der Waals surface area (Å²) in [5.74, 6) is 0. The highest BCUT2D eigenvalue weighted by atomic mass is 32.1. The van der Waals surface area contributed by atoms with Crippen LogP contribution in [0.5, 0.6) is 0 Å². The van der Waals surface area contributed by atoms with Gasteiger partial charge < -0.3 is 10.1 Å². The molecule has 0 atom stereocenters. The molecule has 4 aromatic rings. The number of nitrogens with one attached hydrogen (secondary N) is 1. The first-order chi connectivity index (χ1) is 15.7. The van der Waals surface area contributed by atoms with E-state index in [4.69, 9.17) is 15.0 Å². The van der Waals surface area contributed by atoms with E-state index in [9.17, 15) is 0 Å². The molecule has 1 aliphatic rings. The maximum absolute atomic E-state index is 9.11. The van der Waals surface area contributed by atoms with Gasteiger partial charge in [0.2, 0.25) is 0 Å². The van der Waals surface area contributed by atoms with Crippen LogP contribution in [0.4, 0.5) is 5.69 Å². The quantitative estimate of drug-likeness (QED) is 0.483. The number of nitrogens with zero attached hydrogens (tertiary/aromatic N) is 6. The smallest absolute Gasteiger partial charge is 0.151 e. The van der Waals surface area contributed by atoms with Crippen molar-refractivity contribution in [1.29, 1.82) is 5.26 Å². The Bertz CT molecular complexity index is 1250. The van der Waals surface area contributed by atoms with Crippen molar-refractivity contribution in [3.63, 3.8) is 0 Å². The second-order valence-corrected chi connectivity index (χ2v) is 8.37. The molecule has 5 heterocycles. The van der Waals surface area contributed by atoms with E-state index >= 15 is 0 Å². The largest absolute Gasteiger partial charge is 0.381 e. The number of ether oxygens (including phenoxy) is 1. The summed E-state index contributed by atoms with van der Waals surface area (Å²) in [6.07, 6.45) is 5.33. The second kappa shape index (κ2) is 9.85. The third-order valence-electron chi connectivity index (χ3n) is 5.13. The summed E-state index contributed by atoms with van der Waals surface area (Å²) < 4.78 is 7.30. The van der Waals surface area contributed by atoms with Gasteiger partial charge in [-0.25, -0.2) is 4.52 Å². The van der Waals surface area contributed by atoms with E-state index in [0.717, 1.165) is 64.2 Å². The number of fused-ring (bicyclic) bond motifs is 1. The number of pyridine rings is 1. The number of hydrogen-bond donors (Lipinski definition) is 1. The Kier molecular flexibility index (Phi) is 6.73. The van der Waals surface area contributed by atoms with Gasteiger partial charge in [-0.1, -0.05) is 25.2 Å². The molecule has 164 valence electrons. The van der Waals surface area contributed by atoms with Gasteiger partial charge in [0, 0.05) is 31.1 Å². The molecule has 1 N–H and O–H groups in total. The Morgan fingerprint density at radius 3 is 2.69 bits per heavy atom. The molecule has 5 rings (SSSR count). The van der Waals surface area contributed by atoms with Gasteiger partial charge in [-0.05, 0) is 44.0 Å². The Morgan fingerprint density at radius 1 is 1.16 bits per heavy atom. The van der Waals surface area contributed by atoms with Crippen LogP contribution in [-0.2, 0) is 4.74 Å². The van der Waals surface area contributed by atoms with Crippen LogP contribution in [0.15, 0.2) is 36.7 Å². The number of aryl methyl sites for hydroxylation is 1. The first kappa shape index (κ1) is 21.9. The first-order valence-corrected chi connectivity index (χ1v) is 11.6. The molecule has 1 saturated heterocycles. The van der Waals surface area contributed by atoms with Crippen molar-refractivity contribution in [1.82, 2.24) is 24.8 Å². The molecule has 1 aliphatic heterocycles. The number of rotatable bonds is 4. The SMILES string of the molecule is CC.Cc1nnc(-c2cnc(-c3ccc4cc(C#N)cnn34)cc2NC2CCOCC2)s1. The molecule has 0 radical (unpaired) electrons. The minimum atomic E-state index is 0.335. The number of aromatic nitrogens is 5. The van der Waals surface area contributed by atoms with Crippen molar-refractivity contribution in [2.75, 3.05) is 18.5 Å². The lowest BCUT2D eigenvalue weighted by molar-refractivity contribution is 0.0904. The molecular formula is C23H25N7OS. The molecule has 32 heavy (non-hydrogen) atoms. The maximum Gasteiger partial charge on any atom is 0.151 e. The van der Waals surface area contributed by atoms with Crippen LogP contribution in [0.1, 0.15) is 37.3 Å². The van der Waals surface area contributed by atoms with E-state index in [1.165, 1.54) is 0 Å². The lowest BCUT2D eigenvalue weighted by atomic mass is 10.1. The van der Waals surface area contributed by atoms with E-state index in [0.29, 0.717) is 11.6 Å². The van der Waals surface area contributed by atoms with Crippen LogP contribution in [0.2, 0.25) is 0 Å². The number of nitriles is 1. The fraction of sp³-hybridized carbons (Fsp3) is 0.348. The molecule has 0 saturated carbocycles. The maximum atomic E-state index is 9.11. The van der Waals surface area contributed by atoms with E-state index in [2.05, 4.69) is 26.7 Å². The highest BCUT2D eigenvalue weighted by molar-refractivity contribution is 7.14. The van der Waals surface area contributed by atoms with Gasteiger partial charge in [-0.15, -0.1) is 10.2 Å². The summed E-state index contributed by atoms with van der Waals surface area (Å²) in [5.41, 5.74) is 4.97. The summed E-state index contributed by atoms with van der Waals surface area (Å²) in [4.78, 5) is 4.70. The Labute approximate surface area is 190 Å². The fourth-order valence-electron chi connectivity index (χ4n) is 3.61. The molecule has 0 spiro atoms. The van der Waals surface area contributed by atoms with Crippen molar-refractivity contribution in [3.8, 4) is 28.0 Å². The minimum absolute atomic E-state index is 0.335. The first-order valence-electron chi connectivity index (χ1n) is 10.7. The molecule has 4 aromatic heterocycles. The standard InChI is InChI=1S/C21H19N7OS.C2H6/c1-13-26-27-21(30-13)17-12-23-19(9-18(17)25-15-4-6-29-7-5-15)20-3-2-16-8-14(10-22)11-24-28(16)20;1-2/h2-3,8-9,11-12,15H,4-7H2,1H3,(H,23,25);1-2H3. The third kappa shape index (κ3) is 4.47. The predicted molar refractivity (Wildman–Crippen MR) is 126 cm³/mol. The van der Waals surface area contributed by atoms with Crippen LogP contribution >= 0.6 is 11.3 Å². The highest BCUT2D eigenvalue weighted by Crippen LogP contribution is 2.34. The number of anilines is 1. The van der Waals surface area contributed by atoms with Crippen LogP contribution in [0.25, 0.3) is 27.5 Å². The van der Waals surface area contributed by atoms with Crippen molar-refractivity contribution in [3.05, 3.63) is 47.2 Å². The van der Waals surface area contributed by atoms with E-state index in [-0.39, 0.29) is 0 Å². The average Bonchev–Trinajstić information content (AvgIpc) is 3.46. The van der Waals surface area contributed by atoms with Crippen molar-refractivity contribution in [2.24, 2.45) is 0 Å². The van der Waals surface area contributed by atoms with Gasteiger partial charge in [-0.3, -0.25) is 4.98 Å². The zero-order valence-electron chi connectivity index (χ0n) is 18.4. The average molecular weight is 448 g/mol. The van der Waals surface area contributed by atoms with Gasteiger partial charge >= 0.3 is 0 Å². The summed E-state index contributed by atoms with van der Waals surface area (Å²) in [7, 11) is 0. The zero-order valence-corrected chi connectivity index (χ0v) is 19.2. The molecule has 1 fully saturated rings. The van der Waals surface area contributed by atoms with Gasteiger partial charge in [-0.2, -0.15) is 10.4 Å². The molecule has 0 bridgehead atoms. The molecule has 8 nitrogen and oxygen atoms in total. The minimum Gasteiger partial charge on any atom is -0.381 e. The lowest BCUT2D eigenvalue weighted by Gasteiger charge is -2.25. The molecule has 0 aromatic carbocycles. The van der Waals surface area contributed by atoms with Crippen molar-refractivity contribution in [2.45, 2.75) is 39.7 Å². The van der Waals surface area contributed by atoms with E-state index in [1.807, 2.05) is 51.2 Å². The number of hydrogen-bond acceptors (Lipinski definition) is 8. The summed E-state index contributed by atoms with van der Waals surface area (Å²) in [6, 6.07) is 10.2. The molecule has 0 unspecified atom stereocenters. The Morgan fingerprint density at radius 2 is 1.97 bits per heavy atom. The lowest BCUT2D eigenvalue weighted by Crippen LogP contribution is -2.28. The van der Waals surface area contributed by atoms with Crippen LogP contribution in [0.3, 0.4) is 0 Å². The van der Waals surface area contributed by atoms with Crippen molar-refractivity contribution < 1.29 is 4.74 Å². The normalized spacial score (nSPS) is 13.9. The molecule has 0 aliphatic carbocycles. The van der Waals surface area contributed by atoms with Crippen molar-refractivity contribution >= 4 is 22.5 Å². The monoisotopic (exact) mass is 447 g/mol. The molecular weight excluding hydrogens is 422 g/mol. The summed E-state index contributed by atoms with van der Waals surface area (Å²) in [6.45, 7) is 7.47. The molecule has 9 heteroatoms. The predicted octanol–water partition coefficient (Wildman–Crippen LogP) is 4.71. The Balaban J connectivity index is 0.00000119. The van der Waals surface area contributed by atoms with E-state index in [1.54, 1.807) is 22.0 Å². The zero-order chi connectivity index (χ0) is 22.5. The Hall–Kier alpha value is -3.35. The summed E-state index contributed by atoms with van der Waals surface area (Å²) in [5, 5.41) is 27.4. The van der Waals surface area contributed by atoms with Gasteiger partial charge in [0.25, 0.3) is 0 Å². The van der Waals surface area contributed by atoms with Crippen LogP contribution in [0, 0.1) is 18.3 Å². The summed E-state index contributed by atoms with van der Waals surface area (Å²) >= 11 is 1.55. The van der Waals surface area contributed by atoms with Crippen LogP contribution < -0.4 is 5.32 Å². The molecule has 0 amide bonds. The highest BCUT2D eigenvalue weighted by Gasteiger charge is 2.19. The van der Waals surface area contributed by atoms with Gasteiger partial charge in [0.05, 0.1) is 34.2 Å². The topological polar surface area (TPSA) is 101 Å². The van der Waals surface area contributed by atoms with Gasteiger partial charge in [0.15, 0.2) is 5.01 Å². The fourth-order valence-corrected chi connectivity index (χ4v) is 4.32. The third-order valence-corrected chi connectivity index (χ3v) is 6.01. The second-order valence-electron chi connectivity index (χ2n) is 7.18. The van der Waals surface area contributed by atoms with Crippen LogP contribution in [-0.4, -0.2) is 44.1 Å². The van der Waals surface area contributed by atoms with E-state index < -0.39 is 0 Å². The van der Waals surface area contributed by atoms with Gasteiger partial charge in [0.1, 0.15) is 11.1 Å².